The lowest BCUT2D eigenvalue weighted by Gasteiger charge is -2.13. The fraction of sp³-hybridized carbons (Fsp3) is 0.312. The second-order valence-electron chi connectivity index (χ2n) is 11.3. The summed E-state index contributed by atoms with van der Waals surface area (Å²) in [5.74, 6) is 2.35. The van der Waals surface area contributed by atoms with Gasteiger partial charge in [0.1, 0.15) is 5.82 Å². The summed E-state index contributed by atoms with van der Waals surface area (Å²) in [6, 6.07) is 16.0. The Morgan fingerprint density at radius 1 is 0.925 bits per heavy atom. The van der Waals surface area contributed by atoms with Gasteiger partial charge in [-0.3, -0.25) is 9.08 Å². The number of fused-ring (bicyclic) bond motifs is 2. The normalized spacial score (nSPS) is 14.6. The van der Waals surface area contributed by atoms with E-state index in [1.165, 1.54) is 18.5 Å². The molecule has 0 amide bonds. The van der Waals surface area contributed by atoms with E-state index in [1.54, 1.807) is 0 Å². The van der Waals surface area contributed by atoms with Crippen molar-refractivity contribution in [3.63, 3.8) is 0 Å². The number of aliphatic hydroxyl groups is 1. The second-order valence-corrected chi connectivity index (χ2v) is 11.3. The standard InChI is InChI=1S/C32H33N7O/c1-19(2)28-25(16-38-15-20(3)33-32(38)35-28)31-34-29(30(37(31)4)22-13-14-22)23-11-8-12-26-24(23)17-39(36-26)18-27(40)21-9-6-5-7-10-21/h5-12,15-17,19,22,27,40H,13-14,18H2,1-4H3/t27-/m0/s1. The predicted octanol–water partition coefficient (Wildman–Crippen LogP) is 6.19. The highest BCUT2D eigenvalue weighted by Gasteiger charge is 2.33. The molecule has 0 aliphatic heterocycles. The Hall–Kier alpha value is -4.30. The van der Waals surface area contributed by atoms with Crippen LogP contribution in [0, 0.1) is 6.92 Å². The first-order valence-corrected chi connectivity index (χ1v) is 14.0. The summed E-state index contributed by atoms with van der Waals surface area (Å²) in [5, 5.41) is 16.7. The van der Waals surface area contributed by atoms with Crippen LogP contribution in [0.15, 0.2) is 67.1 Å². The molecular formula is C32H33N7O. The van der Waals surface area contributed by atoms with Gasteiger partial charge in [0.05, 0.1) is 40.8 Å². The lowest BCUT2D eigenvalue weighted by Crippen LogP contribution is -2.08. The molecule has 40 heavy (non-hydrogen) atoms. The number of aromatic nitrogens is 7. The van der Waals surface area contributed by atoms with E-state index in [9.17, 15) is 5.11 Å². The van der Waals surface area contributed by atoms with E-state index >= 15 is 0 Å². The molecule has 8 nitrogen and oxygen atoms in total. The number of hydrogen-bond donors (Lipinski definition) is 1. The molecule has 4 aromatic heterocycles. The zero-order valence-electron chi connectivity index (χ0n) is 23.3. The topological polar surface area (TPSA) is 86.1 Å². The molecule has 0 unspecified atom stereocenters. The molecule has 1 fully saturated rings. The minimum Gasteiger partial charge on any atom is -0.386 e. The van der Waals surface area contributed by atoms with E-state index in [-0.39, 0.29) is 5.92 Å². The van der Waals surface area contributed by atoms with Crippen LogP contribution in [-0.2, 0) is 13.6 Å². The van der Waals surface area contributed by atoms with Gasteiger partial charge in [-0.05, 0) is 37.3 Å². The summed E-state index contributed by atoms with van der Waals surface area (Å²) in [4.78, 5) is 14.9. The van der Waals surface area contributed by atoms with Crippen molar-refractivity contribution in [3.8, 4) is 22.6 Å². The van der Waals surface area contributed by atoms with Crippen molar-refractivity contribution in [3.05, 3.63) is 89.8 Å². The summed E-state index contributed by atoms with van der Waals surface area (Å²) in [6.45, 7) is 6.72. The highest BCUT2D eigenvalue weighted by atomic mass is 16.3. The number of nitrogens with zero attached hydrogens (tertiary/aromatic N) is 7. The molecule has 6 aromatic rings. The number of imidazole rings is 2. The summed E-state index contributed by atoms with van der Waals surface area (Å²) in [7, 11) is 2.13. The first kappa shape index (κ1) is 24.7. The van der Waals surface area contributed by atoms with Crippen molar-refractivity contribution in [1.29, 1.82) is 0 Å². The van der Waals surface area contributed by atoms with Crippen molar-refractivity contribution in [2.75, 3.05) is 0 Å². The van der Waals surface area contributed by atoms with Crippen molar-refractivity contribution in [2.24, 2.45) is 7.05 Å². The summed E-state index contributed by atoms with van der Waals surface area (Å²) in [5.41, 5.74) is 8.09. The van der Waals surface area contributed by atoms with Crippen LogP contribution < -0.4 is 0 Å². The highest BCUT2D eigenvalue weighted by molar-refractivity contribution is 5.94. The number of aliphatic hydroxyl groups excluding tert-OH is 1. The quantitative estimate of drug-likeness (QED) is 0.266. The predicted molar refractivity (Wildman–Crippen MR) is 156 cm³/mol. The van der Waals surface area contributed by atoms with Crippen LogP contribution in [0.25, 0.3) is 39.3 Å². The Bertz CT molecular complexity index is 1860. The summed E-state index contributed by atoms with van der Waals surface area (Å²) in [6.07, 6.45) is 7.89. The molecule has 1 aliphatic carbocycles. The molecule has 8 heteroatoms. The van der Waals surface area contributed by atoms with E-state index in [0.29, 0.717) is 12.5 Å². The Kier molecular flexibility index (Phi) is 5.82. The molecule has 202 valence electrons. The lowest BCUT2D eigenvalue weighted by atomic mass is 10.0. The van der Waals surface area contributed by atoms with Gasteiger partial charge in [-0.2, -0.15) is 5.10 Å². The van der Waals surface area contributed by atoms with Crippen LogP contribution >= 0.6 is 0 Å². The Morgan fingerprint density at radius 3 is 2.48 bits per heavy atom. The van der Waals surface area contributed by atoms with Crippen LogP contribution in [0.5, 0.6) is 0 Å². The molecule has 1 N–H and O–H groups in total. The SMILES string of the molecule is Cc1cn2cc(-c3nc(-c4cccc5nn(C[C@H](O)c6ccccc6)cc45)c(C4CC4)n3C)c(C(C)C)nc2n1. The number of hydrogen-bond acceptors (Lipinski definition) is 5. The van der Waals surface area contributed by atoms with Gasteiger partial charge in [0.25, 0.3) is 0 Å². The van der Waals surface area contributed by atoms with Crippen LogP contribution in [0.1, 0.15) is 67.3 Å². The maximum absolute atomic E-state index is 10.8. The molecule has 0 spiro atoms. The highest BCUT2D eigenvalue weighted by Crippen LogP contribution is 2.47. The first-order chi connectivity index (χ1) is 19.4. The third kappa shape index (κ3) is 4.19. The zero-order chi connectivity index (χ0) is 27.5. The zero-order valence-corrected chi connectivity index (χ0v) is 23.3. The number of benzene rings is 2. The van der Waals surface area contributed by atoms with Gasteiger partial charge in [0, 0.05) is 48.2 Å². The summed E-state index contributed by atoms with van der Waals surface area (Å²) >= 11 is 0. The van der Waals surface area contributed by atoms with Crippen molar-refractivity contribution in [1.82, 2.24) is 33.7 Å². The largest absolute Gasteiger partial charge is 0.386 e. The van der Waals surface area contributed by atoms with Gasteiger partial charge < -0.3 is 9.67 Å². The van der Waals surface area contributed by atoms with E-state index < -0.39 is 6.10 Å². The molecule has 2 aromatic carbocycles. The molecule has 1 saturated carbocycles. The van der Waals surface area contributed by atoms with Crippen LogP contribution in [-0.4, -0.2) is 38.8 Å². The Balaban J connectivity index is 1.36. The van der Waals surface area contributed by atoms with Crippen LogP contribution in [0.3, 0.4) is 0 Å². The van der Waals surface area contributed by atoms with Gasteiger partial charge in [-0.1, -0.05) is 56.3 Å². The molecule has 0 saturated heterocycles. The van der Waals surface area contributed by atoms with Crippen molar-refractivity contribution < 1.29 is 5.11 Å². The van der Waals surface area contributed by atoms with Gasteiger partial charge >= 0.3 is 0 Å². The molecule has 0 bridgehead atoms. The van der Waals surface area contributed by atoms with Gasteiger partial charge in [-0.25, -0.2) is 15.0 Å². The van der Waals surface area contributed by atoms with Gasteiger partial charge in [-0.15, -0.1) is 0 Å². The smallest absolute Gasteiger partial charge is 0.234 e. The Morgan fingerprint density at radius 2 is 1.73 bits per heavy atom. The minimum absolute atomic E-state index is 0.222. The van der Waals surface area contributed by atoms with E-state index in [2.05, 4.69) is 48.8 Å². The van der Waals surface area contributed by atoms with E-state index in [4.69, 9.17) is 15.1 Å². The average molecular weight is 532 g/mol. The fourth-order valence-corrected chi connectivity index (χ4v) is 5.79. The second kappa shape index (κ2) is 9.41. The fourth-order valence-electron chi connectivity index (χ4n) is 5.79. The molecule has 1 atom stereocenters. The third-order valence-electron chi connectivity index (χ3n) is 7.89. The minimum atomic E-state index is -0.633. The van der Waals surface area contributed by atoms with Crippen LogP contribution in [0.2, 0.25) is 0 Å². The maximum Gasteiger partial charge on any atom is 0.234 e. The first-order valence-electron chi connectivity index (χ1n) is 14.0. The average Bonchev–Trinajstić information content (AvgIpc) is 3.44. The lowest BCUT2D eigenvalue weighted by molar-refractivity contribution is 0.152. The summed E-state index contributed by atoms with van der Waals surface area (Å²) < 4.78 is 6.13. The van der Waals surface area contributed by atoms with E-state index in [1.807, 2.05) is 64.8 Å². The monoisotopic (exact) mass is 531 g/mol. The third-order valence-corrected chi connectivity index (χ3v) is 7.89. The van der Waals surface area contributed by atoms with E-state index in [0.717, 1.165) is 56.3 Å². The van der Waals surface area contributed by atoms with Crippen molar-refractivity contribution >= 4 is 16.7 Å². The maximum atomic E-state index is 10.8. The molecular weight excluding hydrogens is 498 g/mol. The van der Waals surface area contributed by atoms with Gasteiger partial charge in [0.2, 0.25) is 5.78 Å². The molecule has 1 aliphatic rings. The number of rotatable bonds is 7. The van der Waals surface area contributed by atoms with Gasteiger partial charge in [0.15, 0.2) is 0 Å². The molecule has 4 heterocycles. The Labute approximate surface area is 233 Å². The number of aryl methyl sites for hydroxylation is 1. The molecule has 7 rings (SSSR count). The van der Waals surface area contributed by atoms with Crippen molar-refractivity contribution in [2.45, 2.75) is 58.1 Å². The molecule has 0 radical (unpaired) electrons. The van der Waals surface area contributed by atoms with Crippen LogP contribution in [0.4, 0.5) is 0 Å².